The van der Waals surface area contributed by atoms with Gasteiger partial charge in [0.1, 0.15) is 36.6 Å². The molecule has 8 N–H and O–H groups in total. The van der Waals surface area contributed by atoms with Gasteiger partial charge in [-0.1, -0.05) is 0 Å². The standard InChI is InChI=1S/2C6H10O10S.2K/c2*7-1-3(16-17(12,13)14)2(8)6(11)15-4(1)5(9)10;;/h2*1-4,6-8,11H,(H,9,10)(H,12,13,14);;/q;;2*+1/p-2/t2*1-,2+,3-,4-,6?;;/m00../s1. The molecule has 0 aromatic carbocycles. The number of carboxylic acids is 2. The molecule has 200 valence electrons. The molecule has 2 heterocycles. The van der Waals surface area contributed by atoms with Crippen LogP contribution in [0, 0.1) is 0 Å². The van der Waals surface area contributed by atoms with Crippen molar-refractivity contribution in [3.05, 3.63) is 0 Å². The summed E-state index contributed by atoms with van der Waals surface area (Å²) in [6.45, 7) is 0. The quantitative estimate of drug-likeness (QED) is 0.0772. The van der Waals surface area contributed by atoms with Gasteiger partial charge in [-0.25, -0.2) is 26.4 Å². The molecule has 20 nitrogen and oxygen atoms in total. The Kier molecular flexibility index (Phi) is 17.9. The van der Waals surface area contributed by atoms with E-state index in [-0.39, 0.29) is 103 Å². The third-order valence-corrected chi connectivity index (χ3v) is 4.98. The molecule has 0 aromatic rings. The van der Waals surface area contributed by atoms with Crippen molar-refractivity contribution in [2.75, 3.05) is 0 Å². The molecule has 2 unspecified atom stereocenters. The fourth-order valence-corrected chi connectivity index (χ4v) is 3.60. The number of ether oxygens (including phenoxy) is 2. The van der Waals surface area contributed by atoms with Gasteiger partial charge in [-0.05, 0) is 0 Å². The second kappa shape index (κ2) is 16.2. The van der Waals surface area contributed by atoms with Gasteiger partial charge in [-0.15, -0.1) is 0 Å². The Morgan fingerprint density at radius 1 is 0.611 bits per heavy atom. The first-order chi connectivity index (χ1) is 15.3. The molecule has 24 heteroatoms. The first-order valence-electron chi connectivity index (χ1n) is 8.40. The number of carbonyl (C=O) groups is 2. The van der Waals surface area contributed by atoms with E-state index in [0.29, 0.717) is 0 Å². The number of hydrogen-bond acceptors (Lipinski definition) is 18. The molecule has 0 aromatic heterocycles. The third-order valence-electron chi connectivity index (χ3n) is 4.07. The van der Waals surface area contributed by atoms with E-state index in [4.69, 9.17) is 20.4 Å². The zero-order valence-electron chi connectivity index (χ0n) is 18.1. The van der Waals surface area contributed by atoms with Gasteiger partial charge in [-0.3, -0.25) is 8.37 Å². The monoisotopic (exact) mass is 624 g/mol. The molecule has 0 radical (unpaired) electrons. The Morgan fingerprint density at radius 3 is 1.06 bits per heavy atom. The number of hydrogen-bond donors (Lipinski definition) is 8. The SMILES string of the molecule is O=C(O)[C@H]1OC(O)[C@H](O)[C@@H](OS(=O)(=O)[O-])[C@@H]1O.O=C(O)[C@H]1OC(O)[C@H](O)[C@@H](OS(=O)(=O)[O-])[C@@H]1O.[K+].[K+]. The van der Waals surface area contributed by atoms with Gasteiger partial charge in [-0.2, -0.15) is 0 Å². The average Bonchev–Trinajstić information content (AvgIpc) is 2.66. The minimum absolute atomic E-state index is 0. The molecule has 0 saturated carbocycles. The molecular weight excluding hydrogens is 606 g/mol. The minimum atomic E-state index is -5.29. The zero-order valence-corrected chi connectivity index (χ0v) is 25.9. The molecule has 0 spiro atoms. The summed E-state index contributed by atoms with van der Waals surface area (Å²) in [5.74, 6) is -3.44. The van der Waals surface area contributed by atoms with E-state index < -0.39 is 94.1 Å². The molecule has 0 bridgehead atoms. The second-order valence-corrected chi connectivity index (χ2v) is 8.49. The fourth-order valence-electron chi connectivity index (χ4n) is 2.60. The molecule has 36 heavy (non-hydrogen) atoms. The summed E-state index contributed by atoms with van der Waals surface area (Å²) in [5.41, 5.74) is 0. The Morgan fingerprint density at radius 2 is 0.861 bits per heavy atom. The maximum Gasteiger partial charge on any atom is 1.00 e. The van der Waals surface area contributed by atoms with Gasteiger partial charge in [0.05, 0.1) is 0 Å². The van der Waals surface area contributed by atoms with Crippen LogP contribution < -0.4 is 103 Å². The summed E-state index contributed by atoms with van der Waals surface area (Å²) in [5, 5.41) is 72.4. The van der Waals surface area contributed by atoms with Gasteiger partial charge in [0.25, 0.3) is 0 Å². The van der Waals surface area contributed by atoms with E-state index in [0.717, 1.165) is 0 Å². The van der Waals surface area contributed by atoms with Crippen LogP contribution in [0.2, 0.25) is 0 Å². The van der Waals surface area contributed by atoms with Crippen molar-refractivity contribution in [2.24, 2.45) is 0 Å². The largest absolute Gasteiger partial charge is 1.00 e. The van der Waals surface area contributed by atoms with Gasteiger partial charge in [0, 0.05) is 0 Å². The van der Waals surface area contributed by atoms with E-state index in [1.807, 2.05) is 0 Å². The van der Waals surface area contributed by atoms with Crippen LogP contribution in [0.4, 0.5) is 0 Å². The van der Waals surface area contributed by atoms with Crippen molar-refractivity contribution in [2.45, 2.75) is 61.4 Å². The van der Waals surface area contributed by atoms with Crippen LogP contribution in [0.3, 0.4) is 0 Å². The second-order valence-electron chi connectivity index (χ2n) is 6.47. The van der Waals surface area contributed by atoms with Crippen molar-refractivity contribution < 1.29 is 197 Å². The van der Waals surface area contributed by atoms with Crippen LogP contribution in [0.1, 0.15) is 0 Å². The summed E-state index contributed by atoms with van der Waals surface area (Å²) < 4.78 is 78.0. The smallest absolute Gasteiger partial charge is 0.726 e. The topological polar surface area (TPSA) is 347 Å². The van der Waals surface area contributed by atoms with Crippen LogP contribution in [0.5, 0.6) is 0 Å². The van der Waals surface area contributed by atoms with E-state index in [1.54, 1.807) is 0 Å². The van der Waals surface area contributed by atoms with Crippen molar-refractivity contribution in [1.29, 1.82) is 0 Å². The van der Waals surface area contributed by atoms with Crippen molar-refractivity contribution in [3.63, 3.8) is 0 Å². The van der Waals surface area contributed by atoms with E-state index in [1.165, 1.54) is 0 Å². The summed E-state index contributed by atoms with van der Waals surface area (Å²) in [7, 11) is -10.6. The Labute approximate surface area is 286 Å². The molecule has 10 atom stereocenters. The van der Waals surface area contributed by atoms with Gasteiger partial charge < -0.3 is 59.4 Å². The molecule has 2 saturated heterocycles. The molecule has 2 rings (SSSR count). The Balaban J connectivity index is 0. The third kappa shape index (κ3) is 12.0. The van der Waals surface area contributed by atoms with E-state index in [2.05, 4.69) is 17.8 Å². The Bertz CT molecular complexity index is 866. The first-order valence-corrected chi connectivity index (χ1v) is 11.1. The molecular formula is C12H18K2O20S2. The molecule has 2 aliphatic heterocycles. The molecule has 0 aliphatic carbocycles. The fraction of sp³-hybridized carbons (Fsp3) is 0.833. The first kappa shape index (κ1) is 39.8. The number of aliphatic carboxylic acids is 2. The van der Waals surface area contributed by atoms with Gasteiger partial charge in [0.15, 0.2) is 24.8 Å². The van der Waals surface area contributed by atoms with Crippen molar-refractivity contribution in [3.8, 4) is 0 Å². The van der Waals surface area contributed by atoms with Crippen LogP contribution in [-0.2, 0) is 48.2 Å². The van der Waals surface area contributed by atoms with Gasteiger partial charge in [0.2, 0.25) is 20.8 Å². The van der Waals surface area contributed by atoms with Crippen LogP contribution in [0.15, 0.2) is 0 Å². The van der Waals surface area contributed by atoms with Crippen LogP contribution in [-0.4, -0.2) is 140 Å². The molecule has 2 aliphatic rings. The van der Waals surface area contributed by atoms with Crippen LogP contribution in [0.25, 0.3) is 0 Å². The normalized spacial score (nSPS) is 36.8. The van der Waals surface area contributed by atoms with Crippen LogP contribution >= 0.6 is 0 Å². The summed E-state index contributed by atoms with van der Waals surface area (Å²) >= 11 is 0. The number of aliphatic hydroxyl groups is 6. The van der Waals surface area contributed by atoms with E-state index >= 15 is 0 Å². The molecule has 2 fully saturated rings. The maximum atomic E-state index is 10.6. The van der Waals surface area contributed by atoms with Crippen molar-refractivity contribution in [1.82, 2.24) is 0 Å². The summed E-state index contributed by atoms with van der Waals surface area (Å²) in [6, 6.07) is 0. The summed E-state index contributed by atoms with van der Waals surface area (Å²) in [4.78, 5) is 21.1. The predicted octanol–water partition coefficient (Wildman–Crippen LogP) is -13.3. The van der Waals surface area contributed by atoms with E-state index in [9.17, 15) is 56.0 Å². The summed E-state index contributed by atoms with van der Waals surface area (Å²) in [6.07, 6.45) is -20.9. The van der Waals surface area contributed by atoms with Crippen molar-refractivity contribution >= 4 is 32.7 Å². The van der Waals surface area contributed by atoms with Gasteiger partial charge >= 0.3 is 115 Å². The molecule has 0 amide bonds. The maximum absolute atomic E-state index is 10.6. The minimum Gasteiger partial charge on any atom is -0.726 e. The number of carboxylic acid groups (broad SMARTS) is 2. The number of aliphatic hydroxyl groups excluding tert-OH is 6. The predicted molar refractivity (Wildman–Crippen MR) is 90.2 cm³/mol. The Hall–Kier alpha value is 1.63. The number of rotatable bonds is 6. The average molecular weight is 625 g/mol. The zero-order chi connectivity index (χ0) is 26.8.